The molecule has 0 aliphatic carbocycles. The minimum Gasteiger partial charge on any atom is -0.348 e. The van der Waals surface area contributed by atoms with E-state index in [2.05, 4.69) is 5.32 Å². The third-order valence-electron chi connectivity index (χ3n) is 2.91. The van der Waals surface area contributed by atoms with Gasteiger partial charge in [0, 0.05) is 0 Å². The Labute approximate surface area is 114 Å². The Kier molecular flexibility index (Phi) is 6.22. The van der Waals surface area contributed by atoms with E-state index < -0.39 is 6.04 Å². The number of rotatable bonds is 6. The van der Waals surface area contributed by atoms with Gasteiger partial charge in [0.05, 0.1) is 12.1 Å². The number of nitrogens with two attached hydrogens (primary N) is 1. The summed E-state index contributed by atoms with van der Waals surface area (Å²) >= 11 is 1.70. The van der Waals surface area contributed by atoms with Crippen LogP contribution in [-0.2, 0) is 4.79 Å². The molecule has 100 valence electrons. The Morgan fingerprint density at radius 1 is 1.39 bits per heavy atom. The Balaban J connectivity index is 2.51. The van der Waals surface area contributed by atoms with Crippen LogP contribution < -0.4 is 11.1 Å². The van der Waals surface area contributed by atoms with Gasteiger partial charge in [-0.1, -0.05) is 29.8 Å². The third-order valence-corrected chi connectivity index (χ3v) is 3.55. The monoisotopic (exact) mass is 266 g/mol. The molecule has 1 aromatic rings. The number of carbonyl (C=O) groups is 1. The van der Waals surface area contributed by atoms with Crippen molar-refractivity contribution in [3.63, 3.8) is 0 Å². The van der Waals surface area contributed by atoms with Crippen LogP contribution in [0.15, 0.2) is 24.3 Å². The molecule has 0 spiro atoms. The molecular formula is C14H22N2OS. The maximum absolute atomic E-state index is 11.9. The molecule has 0 aromatic heterocycles. The number of benzene rings is 1. The largest absolute Gasteiger partial charge is 0.348 e. The van der Waals surface area contributed by atoms with Gasteiger partial charge in [0.25, 0.3) is 0 Å². The van der Waals surface area contributed by atoms with E-state index in [1.807, 2.05) is 44.4 Å². The molecule has 18 heavy (non-hydrogen) atoms. The zero-order chi connectivity index (χ0) is 13.5. The van der Waals surface area contributed by atoms with Gasteiger partial charge in [-0.15, -0.1) is 0 Å². The van der Waals surface area contributed by atoms with Crippen molar-refractivity contribution >= 4 is 17.7 Å². The topological polar surface area (TPSA) is 55.1 Å². The summed E-state index contributed by atoms with van der Waals surface area (Å²) < 4.78 is 0. The average Bonchev–Trinajstić information content (AvgIpc) is 2.36. The minimum absolute atomic E-state index is 0.00145. The lowest BCUT2D eigenvalue weighted by molar-refractivity contribution is -0.123. The highest BCUT2D eigenvalue weighted by molar-refractivity contribution is 7.98. The molecule has 3 nitrogen and oxygen atoms in total. The van der Waals surface area contributed by atoms with Gasteiger partial charge in [-0.25, -0.2) is 0 Å². The average molecular weight is 266 g/mol. The second-order valence-corrected chi connectivity index (χ2v) is 5.51. The van der Waals surface area contributed by atoms with Crippen molar-refractivity contribution in [2.24, 2.45) is 5.73 Å². The van der Waals surface area contributed by atoms with Gasteiger partial charge in [-0.05, 0) is 37.8 Å². The molecule has 0 bridgehead atoms. The van der Waals surface area contributed by atoms with Crippen LogP contribution in [0.5, 0.6) is 0 Å². The van der Waals surface area contributed by atoms with Crippen LogP contribution in [0, 0.1) is 6.92 Å². The molecule has 0 radical (unpaired) electrons. The van der Waals surface area contributed by atoms with E-state index in [9.17, 15) is 4.79 Å². The fourth-order valence-electron chi connectivity index (χ4n) is 1.63. The molecule has 0 saturated heterocycles. The summed E-state index contributed by atoms with van der Waals surface area (Å²) in [5, 5.41) is 2.95. The number of hydrogen-bond acceptors (Lipinski definition) is 3. The first kappa shape index (κ1) is 15.1. The Morgan fingerprint density at radius 2 is 2.00 bits per heavy atom. The van der Waals surface area contributed by atoms with Crippen LogP contribution in [0.1, 0.15) is 30.5 Å². The van der Waals surface area contributed by atoms with Gasteiger partial charge in [-0.2, -0.15) is 11.8 Å². The fraction of sp³-hybridized carbons (Fsp3) is 0.500. The number of amides is 1. The molecule has 1 amide bonds. The van der Waals surface area contributed by atoms with Gasteiger partial charge >= 0.3 is 0 Å². The summed E-state index contributed by atoms with van der Waals surface area (Å²) in [6, 6.07) is 7.75. The number of aryl methyl sites for hydroxylation is 1. The van der Waals surface area contributed by atoms with E-state index in [-0.39, 0.29) is 11.9 Å². The standard InChI is InChI=1S/C14H22N2OS/c1-10-4-6-12(7-5-10)11(2)16-14(17)13(15)8-9-18-3/h4-7,11,13H,8-9,15H2,1-3H3,(H,16,17)/t11?,13-/m0/s1. The first-order valence-corrected chi connectivity index (χ1v) is 7.55. The number of nitrogens with one attached hydrogen (secondary N) is 1. The first-order chi connectivity index (χ1) is 8.54. The van der Waals surface area contributed by atoms with Crippen molar-refractivity contribution in [2.75, 3.05) is 12.0 Å². The lowest BCUT2D eigenvalue weighted by atomic mass is 10.1. The highest BCUT2D eigenvalue weighted by Gasteiger charge is 2.15. The van der Waals surface area contributed by atoms with Crippen LogP contribution in [0.2, 0.25) is 0 Å². The summed E-state index contributed by atoms with van der Waals surface area (Å²) in [6.45, 7) is 4.02. The summed E-state index contributed by atoms with van der Waals surface area (Å²) in [5.41, 5.74) is 8.15. The summed E-state index contributed by atoms with van der Waals surface area (Å²) in [4.78, 5) is 11.9. The molecule has 1 rings (SSSR count). The van der Waals surface area contributed by atoms with E-state index in [0.29, 0.717) is 6.42 Å². The molecule has 0 saturated carbocycles. The van der Waals surface area contributed by atoms with Gasteiger partial charge in [0.1, 0.15) is 0 Å². The molecule has 0 aliphatic rings. The Bertz CT molecular complexity index is 378. The van der Waals surface area contributed by atoms with E-state index in [4.69, 9.17) is 5.73 Å². The molecule has 0 aliphatic heterocycles. The normalized spacial score (nSPS) is 14.0. The molecule has 3 N–H and O–H groups in total. The zero-order valence-electron chi connectivity index (χ0n) is 11.3. The van der Waals surface area contributed by atoms with Gasteiger partial charge in [-0.3, -0.25) is 4.79 Å². The minimum atomic E-state index is -0.412. The summed E-state index contributed by atoms with van der Waals surface area (Å²) in [7, 11) is 0. The molecule has 2 atom stereocenters. The molecular weight excluding hydrogens is 244 g/mol. The maximum atomic E-state index is 11.9. The van der Waals surface area contributed by atoms with Crippen LogP contribution >= 0.6 is 11.8 Å². The van der Waals surface area contributed by atoms with Gasteiger partial charge in [0.15, 0.2) is 0 Å². The van der Waals surface area contributed by atoms with Crippen molar-refractivity contribution in [1.29, 1.82) is 0 Å². The number of hydrogen-bond donors (Lipinski definition) is 2. The Morgan fingerprint density at radius 3 is 2.56 bits per heavy atom. The van der Waals surface area contributed by atoms with Crippen molar-refractivity contribution in [2.45, 2.75) is 32.4 Å². The number of thioether (sulfide) groups is 1. The smallest absolute Gasteiger partial charge is 0.237 e. The van der Waals surface area contributed by atoms with Crippen LogP contribution in [0.3, 0.4) is 0 Å². The summed E-state index contributed by atoms with van der Waals surface area (Å²) in [6.07, 6.45) is 2.73. The van der Waals surface area contributed by atoms with E-state index >= 15 is 0 Å². The highest BCUT2D eigenvalue weighted by Crippen LogP contribution is 2.13. The molecule has 4 heteroatoms. The maximum Gasteiger partial charge on any atom is 0.237 e. The van der Waals surface area contributed by atoms with E-state index in [1.54, 1.807) is 11.8 Å². The van der Waals surface area contributed by atoms with Crippen LogP contribution in [0.4, 0.5) is 0 Å². The van der Waals surface area contributed by atoms with Gasteiger partial charge in [0.2, 0.25) is 5.91 Å². The lowest BCUT2D eigenvalue weighted by Gasteiger charge is -2.17. The predicted octanol–water partition coefficient (Wildman–Crippen LogP) is 2.25. The fourth-order valence-corrected chi connectivity index (χ4v) is 2.12. The quantitative estimate of drug-likeness (QED) is 0.830. The van der Waals surface area contributed by atoms with Gasteiger partial charge < -0.3 is 11.1 Å². The molecule has 0 heterocycles. The zero-order valence-corrected chi connectivity index (χ0v) is 12.1. The molecule has 1 unspecified atom stereocenters. The molecule has 1 aromatic carbocycles. The first-order valence-electron chi connectivity index (χ1n) is 6.16. The van der Waals surface area contributed by atoms with E-state index in [0.717, 1.165) is 11.3 Å². The van der Waals surface area contributed by atoms with Crippen molar-refractivity contribution in [3.05, 3.63) is 35.4 Å². The van der Waals surface area contributed by atoms with Crippen LogP contribution in [-0.4, -0.2) is 24.0 Å². The van der Waals surface area contributed by atoms with Crippen molar-refractivity contribution in [3.8, 4) is 0 Å². The lowest BCUT2D eigenvalue weighted by Crippen LogP contribution is -2.41. The van der Waals surface area contributed by atoms with Crippen molar-refractivity contribution in [1.82, 2.24) is 5.32 Å². The van der Waals surface area contributed by atoms with Crippen molar-refractivity contribution < 1.29 is 4.79 Å². The second kappa shape index (κ2) is 7.44. The number of carbonyl (C=O) groups excluding carboxylic acids is 1. The van der Waals surface area contributed by atoms with Crippen LogP contribution in [0.25, 0.3) is 0 Å². The van der Waals surface area contributed by atoms with E-state index in [1.165, 1.54) is 5.56 Å². The SMILES string of the molecule is CSCC[C@H](N)C(=O)NC(C)c1ccc(C)cc1. The highest BCUT2D eigenvalue weighted by atomic mass is 32.2. The Hall–Kier alpha value is -1.00. The predicted molar refractivity (Wildman–Crippen MR) is 78.7 cm³/mol. The second-order valence-electron chi connectivity index (χ2n) is 4.53. The third kappa shape index (κ3) is 4.70. The molecule has 0 fully saturated rings. The summed E-state index contributed by atoms with van der Waals surface area (Å²) in [5.74, 6) is 0.838.